The van der Waals surface area contributed by atoms with Gasteiger partial charge in [0.1, 0.15) is 5.75 Å². The summed E-state index contributed by atoms with van der Waals surface area (Å²) in [6, 6.07) is 2.90. The van der Waals surface area contributed by atoms with Crippen molar-refractivity contribution < 1.29 is 19.2 Å². The summed E-state index contributed by atoms with van der Waals surface area (Å²) in [4.78, 5) is 15.2. The molecular formula is C12H17BN2O4. The fourth-order valence-corrected chi connectivity index (χ4v) is 1.74. The number of hydrogen-bond acceptors (Lipinski definition) is 5. The highest BCUT2D eigenvalue weighted by molar-refractivity contribution is 6.61. The lowest BCUT2D eigenvalue weighted by molar-refractivity contribution is 0.00578. The number of amides is 1. The van der Waals surface area contributed by atoms with Crippen LogP contribution in [0.2, 0.25) is 0 Å². The molecule has 1 fully saturated rings. The van der Waals surface area contributed by atoms with Crippen molar-refractivity contribution in [1.29, 1.82) is 0 Å². The molecule has 2 rings (SSSR count). The van der Waals surface area contributed by atoms with Crippen molar-refractivity contribution in [3.8, 4) is 5.75 Å². The van der Waals surface area contributed by atoms with E-state index in [-0.39, 0.29) is 11.4 Å². The van der Waals surface area contributed by atoms with Gasteiger partial charge in [0.2, 0.25) is 0 Å². The van der Waals surface area contributed by atoms with Crippen LogP contribution in [0.15, 0.2) is 12.1 Å². The topological polar surface area (TPSA) is 94.7 Å². The van der Waals surface area contributed by atoms with Crippen molar-refractivity contribution in [3.05, 3.63) is 17.8 Å². The SMILES string of the molecule is CC1(C)OB(c2ccc(O)c(C(N)=O)n2)OC1(C)C. The average molecular weight is 264 g/mol. The van der Waals surface area contributed by atoms with E-state index in [2.05, 4.69) is 4.98 Å². The van der Waals surface area contributed by atoms with Crippen LogP contribution in [0.4, 0.5) is 0 Å². The fraction of sp³-hybridized carbons (Fsp3) is 0.500. The number of nitrogens with two attached hydrogens (primary N) is 1. The maximum Gasteiger partial charge on any atom is 0.514 e. The van der Waals surface area contributed by atoms with Gasteiger partial charge in [-0.2, -0.15) is 0 Å². The molecule has 2 heterocycles. The highest BCUT2D eigenvalue weighted by Crippen LogP contribution is 2.36. The number of hydrogen-bond donors (Lipinski definition) is 2. The average Bonchev–Trinajstić information content (AvgIpc) is 2.48. The fourth-order valence-electron chi connectivity index (χ4n) is 1.74. The van der Waals surface area contributed by atoms with Gasteiger partial charge in [-0.15, -0.1) is 0 Å². The minimum Gasteiger partial charge on any atom is -0.505 e. The number of pyridine rings is 1. The molecular weight excluding hydrogens is 247 g/mol. The molecule has 1 aromatic rings. The monoisotopic (exact) mass is 264 g/mol. The van der Waals surface area contributed by atoms with E-state index in [0.29, 0.717) is 5.59 Å². The largest absolute Gasteiger partial charge is 0.514 e. The second-order valence-electron chi connectivity index (χ2n) is 5.56. The molecule has 7 heteroatoms. The summed E-state index contributed by atoms with van der Waals surface area (Å²) < 4.78 is 11.6. The summed E-state index contributed by atoms with van der Waals surface area (Å²) in [6.07, 6.45) is 0. The first-order valence-electron chi connectivity index (χ1n) is 5.99. The number of primary amides is 1. The lowest BCUT2D eigenvalue weighted by atomic mass is 9.84. The van der Waals surface area contributed by atoms with E-state index in [1.54, 1.807) is 6.07 Å². The van der Waals surface area contributed by atoms with Crippen molar-refractivity contribution in [2.45, 2.75) is 38.9 Å². The Morgan fingerprint density at radius 1 is 1.26 bits per heavy atom. The smallest absolute Gasteiger partial charge is 0.505 e. The molecule has 0 aliphatic carbocycles. The molecule has 0 bridgehead atoms. The van der Waals surface area contributed by atoms with Crippen molar-refractivity contribution >= 4 is 18.6 Å². The minimum absolute atomic E-state index is 0.188. The number of carbonyl (C=O) groups is 1. The number of carbonyl (C=O) groups excluding carboxylic acids is 1. The molecule has 19 heavy (non-hydrogen) atoms. The summed E-state index contributed by atoms with van der Waals surface area (Å²) in [6.45, 7) is 7.68. The summed E-state index contributed by atoms with van der Waals surface area (Å²) in [7, 11) is -0.691. The van der Waals surface area contributed by atoms with E-state index in [1.807, 2.05) is 27.7 Å². The molecule has 1 aromatic heterocycles. The zero-order valence-electron chi connectivity index (χ0n) is 11.4. The van der Waals surface area contributed by atoms with E-state index in [0.717, 1.165) is 0 Å². The van der Waals surface area contributed by atoms with E-state index in [4.69, 9.17) is 15.0 Å². The van der Waals surface area contributed by atoms with Crippen LogP contribution in [0, 0.1) is 0 Å². The van der Waals surface area contributed by atoms with Gasteiger partial charge in [0.15, 0.2) is 5.69 Å². The van der Waals surface area contributed by atoms with Crippen LogP contribution in [-0.4, -0.2) is 34.3 Å². The van der Waals surface area contributed by atoms with Crippen LogP contribution in [0.1, 0.15) is 38.2 Å². The zero-order chi connectivity index (χ0) is 14.4. The van der Waals surface area contributed by atoms with Crippen molar-refractivity contribution in [1.82, 2.24) is 4.98 Å². The number of aromatic nitrogens is 1. The number of aromatic hydroxyl groups is 1. The quantitative estimate of drug-likeness (QED) is 0.743. The van der Waals surface area contributed by atoms with Crippen LogP contribution in [0.25, 0.3) is 0 Å². The molecule has 0 unspecified atom stereocenters. The van der Waals surface area contributed by atoms with Crippen LogP contribution >= 0.6 is 0 Å². The van der Waals surface area contributed by atoms with Crippen LogP contribution in [0.5, 0.6) is 5.75 Å². The predicted molar refractivity (Wildman–Crippen MR) is 70.1 cm³/mol. The summed E-state index contributed by atoms with van der Waals surface area (Å²) in [5.74, 6) is -1.05. The van der Waals surface area contributed by atoms with Gasteiger partial charge < -0.3 is 20.1 Å². The van der Waals surface area contributed by atoms with E-state index in [9.17, 15) is 9.90 Å². The van der Waals surface area contributed by atoms with Gasteiger partial charge >= 0.3 is 7.12 Å². The number of rotatable bonds is 2. The molecule has 0 radical (unpaired) electrons. The third-order valence-corrected chi connectivity index (χ3v) is 3.62. The summed E-state index contributed by atoms with van der Waals surface area (Å²) in [5, 5.41) is 9.51. The Morgan fingerprint density at radius 2 is 1.79 bits per heavy atom. The van der Waals surface area contributed by atoms with Crippen LogP contribution < -0.4 is 11.3 Å². The lowest BCUT2D eigenvalue weighted by Gasteiger charge is -2.32. The van der Waals surface area contributed by atoms with Crippen molar-refractivity contribution in [2.75, 3.05) is 0 Å². The molecule has 0 saturated carbocycles. The maximum atomic E-state index is 11.2. The molecule has 1 saturated heterocycles. The molecule has 3 N–H and O–H groups in total. The van der Waals surface area contributed by atoms with Crippen LogP contribution in [-0.2, 0) is 9.31 Å². The molecule has 0 atom stereocenters. The van der Waals surface area contributed by atoms with Gasteiger partial charge in [-0.1, -0.05) is 0 Å². The lowest BCUT2D eigenvalue weighted by Crippen LogP contribution is -2.41. The predicted octanol–water partition coefficient (Wildman–Crippen LogP) is 0.185. The van der Waals surface area contributed by atoms with Crippen molar-refractivity contribution in [3.63, 3.8) is 0 Å². The zero-order valence-corrected chi connectivity index (χ0v) is 11.4. The van der Waals surface area contributed by atoms with Gasteiger partial charge in [0.05, 0.1) is 16.8 Å². The second-order valence-corrected chi connectivity index (χ2v) is 5.56. The van der Waals surface area contributed by atoms with E-state index in [1.165, 1.54) is 6.07 Å². The number of nitrogens with zero attached hydrogens (tertiary/aromatic N) is 1. The molecule has 0 spiro atoms. The normalized spacial score (nSPS) is 20.5. The standard InChI is InChI=1S/C12H17BN2O4/c1-11(2)12(3,4)19-13(18-11)8-6-5-7(16)9(15-8)10(14)17/h5-6,16H,1-4H3,(H2,14,17). The molecule has 0 aromatic carbocycles. The van der Waals surface area contributed by atoms with Gasteiger partial charge in [0, 0.05) is 0 Å². The second kappa shape index (κ2) is 4.21. The molecule has 1 amide bonds. The van der Waals surface area contributed by atoms with E-state index < -0.39 is 24.2 Å². The first kappa shape index (κ1) is 13.8. The Labute approximate surface area is 112 Å². The Balaban J connectivity index is 2.35. The third-order valence-electron chi connectivity index (χ3n) is 3.62. The van der Waals surface area contributed by atoms with Gasteiger partial charge in [0.25, 0.3) is 5.91 Å². The Bertz CT molecular complexity index is 514. The minimum atomic E-state index is -0.795. The van der Waals surface area contributed by atoms with Crippen LogP contribution in [0.3, 0.4) is 0 Å². The third kappa shape index (κ3) is 2.31. The van der Waals surface area contributed by atoms with Gasteiger partial charge in [-0.3, -0.25) is 4.79 Å². The molecule has 1 aliphatic rings. The molecule has 6 nitrogen and oxygen atoms in total. The van der Waals surface area contributed by atoms with Crippen molar-refractivity contribution in [2.24, 2.45) is 5.73 Å². The Morgan fingerprint density at radius 3 is 2.26 bits per heavy atom. The summed E-state index contributed by atoms with van der Waals surface area (Å²) in [5.41, 5.74) is 4.37. The van der Waals surface area contributed by atoms with E-state index >= 15 is 0 Å². The molecule has 1 aliphatic heterocycles. The molecule has 102 valence electrons. The first-order valence-corrected chi connectivity index (χ1v) is 5.99. The van der Waals surface area contributed by atoms with Gasteiger partial charge in [-0.25, -0.2) is 4.98 Å². The highest BCUT2D eigenvalue weighted by Gasteiger charge is 2.52. The summed E-state index contributed by atoms with van der Waals surface area (Å²) >= 11 is 0. The Hall–Kier alpha value is -1.60. The Kier molecular flexibility index (Phi) is 3.06. The highest BCUT2D eigenvalue weighted by atomic mass is 16.7. The first-order chi connectivity index (χ1) is 8.64. The maximum absolute atomic E-state index is 11.2. The van der Waals surface area contributed by atoms with Gasteiger partial charge in [-0.05, 0) is 39.8 Å².